The van der Waals surface area contributed by atoms with E-state index in [4.69, 9.17) is 16.2 Å². The number of hydrogen-bond acceptors (Lipinski definition) is 4. The zero-order chi connectivity index (χ0) is 13.0. The Morgan fingerprint density at radius 2 is 2.22 bits per heavy atom. The van der Waals surface area contributed by atoms with Gasteiger partial charge >= 0.3 is 0 Å². The average Bonchev–Trinajstić information content (AvgIpc) is 2.38. The fourth-order valence-electron chi connectivity index (χ4n) is 2.29. The zero-order valence-corrected chi connectivity index (χ0v) is 11.5. The quantitative estimate of drug-likeness (QED) is 0.820. The number of rotatable bonds is 4. The van der Waals surface area contributed by atoms with Gasteiger partial charge in [0.15, 0.2) is 0 Å². The average molecular weight is 264 g/mol. The molecular formula is C14H20N2OS. The SMILES string of the molecule is COc1ccc2c(c1)CCCC2=CCSC(N)N. The molecule has 0 fully saturated rings. The van der Waals surface area contributed by atoms with Gasteiger partial charge in [-0.3, -0.25) is 0 Å². The standard InChI is InChI=1S/C14H20N2OS/c1-17-12-5-6-13-10(7-8-18-14(15)16)3-2-4-11(13)9-12/h5-7,9,14H,2-4,8,15-16H2,1H3. The van der Waals surface area contributed by atoms with Crippen LogP contribution >= 0.6 is 11.8 Å². The molecule has 0 spiro atoms. The third kappa shape index (κ3) is 3.28. The van der Waals surface area contributed by atoms with Crippen molar-refractivity contribution in [2.24, 2.45) is 11.5 Å². The Bertz CT molecular complexity index is 443. The highest BCUT2D eigenvalue weighted by Gasteiger charge is 2.14. The van der Waals surface area contributed by atoms with Crippen molar-refractivity contribution in [3.05, 3.63) is 35.4 Å². The third-order valence-electron chi connectivity index (χ3n) is 3.17. The lowest BCUT2D eigenvalue weighted by molar-refractivity contribution is 0.414. The molecule has 4 heteroatoms. The minimum Gasteiger partial charge on any atom is -0.497 e. The molecule has 0 saturated heterocycles. The number of benzene rings is 1. The van der Waals surface area contributed by atoms with Gasteiger partial charge in [0.1, 0.15) is 11.2 Å². The van der Waals surface area contributed by atoms with Gasteiger partial charge in [0.25, 0.3) is 0 Å². The summed E-state index contributed by atoms with van der Waals surface area (Å²) in [7, 11) is 1.71. The number of aryl methyl sites for hydroxylation is 1. The van der Waals surface area contributed by atoms with Crippen LogP contribution in [0.4, 0.5) is 0 Å². The van der Waals surface area contributed by atoms with Gasteiger partial charge in [-0.15, -0.1) is 11.8 Å². The lowest BCUT2D eigenvalue weighted by atomic mass is 9.87. The smallest absolute Gasteiger partial charge is 0.119 e. The van der Waals surface area contributed by atoms with E-state index in [-0.39, 0.29) is 5.50 Å². The summed E-state index contributed by atoms with van der Waals surface area (Å²) in [4.78, 5) is 0. The maximum absolute atomic E-state index is 5.54. The topological polar surface area (TPSA) is 61.3 Å². The van der Waals surface area contributed by atoms with E-state index >= 15 is 0 Å². The largest absolute Gasteiger partial charge is 0.497 e. The minimum absolute atomic E-state index is 0.291. The van der Waals surface area contributed by atoms with Crippen LogP contribution in [0.2, 0.25) is 0 Å². The zero-order valence-electron chi connectivity index (χ0n) is 10.7. The second-order valence-corrected chi connectivity index (χ2v) is 5.61. The van der Waals surface area contributed by atoms with E-state index in [0.29, 0.717) is 0 Å². The lowest BCUT2D eigenvalue weighted by Gasteiger charge is -2.20. The number of nitrogens with two attached hydrogens (primary N) is 2. The molecule has 0 unspecified atom stereocenters. The summed E-state index contributed by atoms with van der Waals surface area (Å²) in [5.41, 5.74) is 14.9. The summed E-state index contributed by atoms with van der Waals surface area (Å²) in [6.45, 7) is 0. The lowest BCUT2D eigenvalue weighted by Crippen LogP contribution is -2.26. The maximum Gasteiger partial charge on any atom is 0.119 e. The van der Waals surface area contributed by atoms with Crippen LogP contribution in [0.3, 0.4) is 0 Å². The summed E-state index contributed by atoms with van der Waals surface area (Å²) in [5, 5.41) is 0. The minimum atomic E-state index is -0.291. The fraction of sp³-hybridized carbons (Fsp3) is 0.429. The third-order valence-corrected chi connectivity index (χ3v) is 3.91. The van der Waals surface area contributed by atoms with Gasteiger partial charge in [-0.1, -0.05) is 12.1 Å². The summed E-state index contributed by atoms with van der Waals surface area (Å²) in [6.07, 6.45) is 5.72. The van der Waals surface area contributed by atoms with E-state index in [1.54, 1.807) is 18.9 Å². The number of hydrogen-bond donors (Lipinski definition) is 2. The van der Waals surface area contributed by atoms with Crippen molar-refractivity contribution in [3.63, 3.8) is 0 Å². The molecule has 1 aromatic carbocycles. The highest BCUT2D eigenvalue weighted by atomic mass is 32.2. The van der Waals surface area contributed by atoms with E-state index in [0.717, 1.165) is 24.3 Å². The molecule has 2 rings (SSSR count). The van der Waals surface area contributed by atoms with Crippen LogP contribution < -0.4 is 16.2 Å². The van der Waals surface area contributed by atoms with E-state index in [1.807, 2.05) is 6.07 Å². The molecule has 0 aliphatic heterocycles. The van der Waals surface area contributed by atoms with Crippen LogP contribution in [0.15, 0.2) is 24.3 Å². The highest BCUT2D eigenvalue weighted by molar-refractivity contribution is 7.99. The summed E-state index contributed by atoms with van der Waals surface area (Å²) in [5.74, 6) is 1.81. The van der Waals surface area contributed by atoms with E-state index in [9.17, 15) is 0 Å². The van der Waals surface area contributed by atoms with Crippen molar-refractivity contribution < 1.29 is 4.74 Å². The van der Waals surface area contributed by atoms with Gasteiger partial charge in [0.05, 0.1) is 7.11 Å². The molecule has 18 heavy (non-hydrogen) atoms. The molecule has 1 aliphatic rings. The molecule has 0 aromatic heterocycles. The number of ether oxygens (including phenoxy) is 1. The molecule has 1 aliphatic carbocycles. The molecule has 0 radical (unpaired) electrons. The van der Waals surface area contributed by atoms with E-state index in [2.05, 4.69) is 18.2 Å². The Balaban J connectivity index is 2.17. The Hall–Kier alpha value is -0.970. The Morgan fingerprint density at radius 1 is 1.39 bits per heavy atom. The Morgan fingerprint density at radius 3 is 2.94 bits per heavy atom. The van der Waals surface area contributed by atoms with Crippen LogP contribution in [0.1, 0.15) is 24.0 Å². The van der Waals surface area contributed by atoms with Crippen LogP contribution in [0.25, 0.3) is 5.57 Å². The van der Waals surface area contributed by atoms with Crippen molar-refractivity contribution >= 4 is 17.3 Å². The fourth-order valence-corrected chi connectivity index (χ4v) is 2.81. The van der Waals surface area contributed by atoms with E-state index in [1.165, 1.54) is 23.1 Å². The predicted octanol–water partition coefficient (Wildman–Crippen LogP) is 2.35. The molecule has 0 amide bonds. The van der Waals surface area contributed by atoms with Crippen LogP contribution in [-0.2, 0) is 6.42 Å². The normalized spacial score (nSPS) is 17.0. The molecule has 0 atom stereocenters. The second-order valence-electron chi connectivity index (χ2n) is 4.40. The number of methoxy groups -OCH3 is 1. The second kappa shape index (κ2) is 6.27. The van der Waals surface area contributed by atoms with Gasteiger partial charge < -0.3 is 16.2 Å². The first-order valence-electron chi connectivity index (χ1n) is 6.20. The summed E-state index contributed by atoms with van der Waals surface area (Å²) in [6, 6.07) is 6.33. The number of allylic oxidation sites excluding steroid dienone is 1. The Labute approximate surface area is 113 Å². The maximum atomic E-state index is 5.54. The first kappa shape index (κ1) is 13.5. The molecule has 0 saturated carbocycles. The predicted molar refractivity (Wildman–Crippen MR) is 78.5 cm³/mol. The van der Waals surface area contributed by atoms with Crippen LogP contribution in [0.5, 0.6) is 5.75 Å². The van der Waals surface area contributed by atoms with Gasteiger partial charge in [0.2, 0.25) is 0 Å². The highest BCUT2D eigenvalue weighted by Crippen LogP contribution is 2.33. The Kier molecular flexibility index (Phi) is 4.69. The molecule has 1 aromatic rings. The first-order valence-corrected chi connectivity index (χ1v) is 7.24. The van der Waals surface area contributed by atoms with Crippen LogP contribution in [-0.4, -0.2) is 18.4 Å². The molecule has 0 heterocycles. The number of fused-ring (bicyclic) bond motifs is 1. The summed E-state index contributed by atoms with van der Waals surface area (Å²) >= 11 is 1.56. The van der Waals surface area contributed by atoms with Crippen molar-refractivity contribution in [2.45, 2.75) is 24.8 Å². The van der Waals surface area contributed by atoms with Gasteiger partial charge in [-0.05, 0) is 48.1 Å². The van der Waals surface area contributed by atoms with Gasteiger partial charge in [-0.2, -0.15) is 0 Å². The monoisotopic (exact) mass is 264 g/mol. The molecule has 0 bridgehead atoms. The molecule has 98 valence electrons. The molecular weight excluding hydrogens is 244 g/mol. The summed E-state index contributed by atoms with van der Waals surface area (Å²) < 4.78 is 5.27. The molecule has 4 N–H and O–H groups in total. The van der Waals surface area contributed by atoms with Crippen molar-refractivity contribution in [1.29, 1.82) is 0 Å². The first-order chi connectivity index (χ1) is 8.70. The van der Waals surface area contributed by atoms with Crippen molar-refractivity contribution in [1.82, 2.24) is 0 Å². The molecule has 3 nitrogen and oxygen atoms in total. The number of thioether (sulfide) groups is 1. The van der Waals surface area contributed by atoms with Crippen molar-refractivity contribution in [3.8, 4) is 5.75 Å². The van der Waals surface area contributed by atoms with Gasteiger partial charge in [0, 0.05) is 5.75 Å². The van der Waals surface area contributed by atoms with Gasteiger partial charge in [-0.25, -0.2) is 0 Å². The van der Waals surface area contributed by atoms with Crippen LogP contribution in [0, 0.1) is 0 Å². The van der Waals surface area contributed by atoms with Crippen molar-refractivity contribution in [2.75, 3.05) is 12.9 Å². The van der Waals surface area contributed by atoms with E-state index < -0.39 is 0 Å².